The van der Waals surface area contributed by atoms with Gasteiger partial charge < -0.3 is 4.74 Å². The highest BCUT2D eigenvalue weighted by Gasteiger charge is 2.19. The smallest absolute Gasteiger partial charge is 0.312 e. The molecule has 0 saturated heterocycles. The van der Waals surface area contributed by atoms with E-state index < -0.39 is 0 Å². The van der Waals surface area contributed by atoms with Gasteiger partial charge in [0.1, 0.15) is 0 Å². The van der Waals surface area contributed by atoms with Crippen LogP contribution in [0, 0.1) is 11.8 Å². The number of esters is 1. The number of allylic oxidation sites excluding steroid dienone is 2. The second-order valence-corrected chi connectivity index (χ2v) is 3.50. The number of carbonyl (C=O) groups excluding carboxylic acids is 1. The van der Waals surface area contributed by atoms with Crippen LogP contribution in [0.25, 0.3) is 0 Å². The molecule has 1 atom stereocenters. The molecular formula is C11H18O2. The van der Waals surface area contributed by atoms with Gasteiger partial charge in [-0.15, -0.1) is 0 Å². The van der Waals surface area contributed by atoms with Crippen LogP contribution in [0.3, 0.4) is 0 Å². The van der Waals surface area contributed by atoms with E-state index in [0.29, 0.717) is 0 Å². The standard InChI is InChI=1S/C11H18O2/c1-8(2)6-7-10(9(3)4)11(12)13-5/h6-7,9-10H,1H2,2-5H3/b7-6+. The summed E-state index contributed by atoms with van der Waals surface area (Å²) >= 11 is 0. The minimum atomic E-state index is -0.187. The third kappa shape index (κ3) is 4.51. The Kier molecular flexibility index (Phi) is 5.12. The maximum absolute atomic E-state index is 11.3. The topological polar surface area (TPSA) is 26.3 Å². The van der Waals surface area contributed by atoms with Crippen molar-refractivity contribution in [1.29, 1.82) is 0 Å². The van der Waals surface area contributed by atoms with Crippen molar-refractivity contribution in [3.05, 3.63) is 24.3 Å². The van der Waals surface area contributed by atoms with Gasteiger partial charge in [-0.2, -0.15) is 0 Å². The first kappa shape index (κ1) is 11.9. The maximum atomic E-state index is 11.3. The highest BCUT2D eigenvalue weighted by atomic mass is 16.5. The van der Waals surface area contributed by atoms with E-state index in [1.54, 1.807) is 0 Å². The maximum Gasteiger partial charge on any atom is 0.312 e. The molecule has 0 aliphatic heterocycles. The molecule has 0 aliphatic rings. The monoisotopic (exact) mass is 182 g/mol. The number of hydrogen-bond acceptors (Lipinski definition) is 2. The quantitative estimate of drug-likeness (QED) is 0.493. The average molecular weight is 182 g/mol. The summed E-state index contributed by atoms with van der Waals surface area (Å²) in [5.41, 5.74) is 0.939. The molecule has 0 saturated carbocycles. The molecule has 0 aromatic rings. The minimum absolute atomic E-state index is 0.165. The summed E-state index contributed by atoms with van der Waals surface area (Å²) < 4.78 is 4.69. The average Bonchev–Trinajstić information content (AvgIpc) is 2.03. The SMILES string of the molecule is C=C(C)/C=C/C(C(=O)OC)C(C)C. The molecule has 0 N–H and O–H groups in total. The van der Waals surface area contributed by atoms with E-state index in [1.807, 2.05) is 32.9 Å². The van der Waals surface area contributed by atoms with Crippen molar-refractivity contribution < 1.29 is 9.53 Å². The first-order valence-corrected chi connectivity index (χ1v) is 4.40. The fourth-order valence-electron chi connectivity index (χ4n) is 0.977. The van der Waals surface area contributed by atoms with Crippen LogP contribution in [0.15, 0.2) is 24.3 Å². The number of ether oxygens (including phenoxy) is 1. The zero-order valence-corrected chi connectivity index (χ0v) is 8.83. The van der Waals surface area contributed by atoms with Crippen molar-refractivity contribution >= 4 is 5.97 Å². The minimum Gasteiger partial charge on any atom is -0.469 e. The zero-order valence-electron chi connectivity index (χ0n) is 8.83. The van der Waals surface area contributed by atoms with Gasteiger partial charge in [-0.3, -0.25) is 4.79 Å². The molecule has 0 aromatic carbocycles. The van der Waals surface area contributed by atoms with Gasteiger partial charge in [0.15, 0.2) is 0 Å². The van der Waals surface area contributed by atoms with Gasteiger partial charge in [-0.25, -0.2) is 0 Å². The second-order valence-electron chi connectivity index (χ2n) is 3.50. The van der Waals surface area contributed by atoms with E-state index in [0.717, 1.165) is 5.57 Å². The fraction of sp³-hybridized carbons (Fsp3) is 0.545. The molecule has 74 valence electrons. The molecule has 0 heterocycles. The van der Waals surface area contributed by atoms with Crippen molar-refractivity contribution in [3.8, 4) is 0 Å². The molecule has 2 heteroatoms. The molecular weight excluding hydrogens is 164 g/mol. The van der Waals surface area contributed by atoms with Crippen LogP contribution in [0.4, 0.5) is 0 Å². The van der Waals surface area contributed by atoms with Gasteiger partial charge in [0.05, 0.1) is 13.0 Å². The Morgan fingerprint density at radius 2 is 2.00 bits per heavy atom. The molecule has 0 aromatic heterocycles. The van der Waals surface area contributed by atoms with E-state index >= 15 is 0 Å². The summed E-state index contributed by atoms with van der Waals surface area (Å²) in [6.45, 7) is 9.61. The van der Waals surface area contributed by atoms with E-state index in [2.05, 4.69) is 11.3 Å². The normalized spacial score (nSPS) is 13.3. The molecule has 0 radical (unpaired) electrons. The van der Waals surface area contributed by atoms with Crippen molar-refractivity contribution in [2.45, 2.75) is 20.8 Å². The van der Waals surface area contributed by atoms with Crippen LogP contribution < -0.4 is 0 Å². The van der Waals surface area contributed by atoms with Crippen LogP contribution in [0.2, 0.25) is 0 Å². The molecule has 0 aliphatic carbocycles. The number of hydrogen-bond donors (Lipinski definition) is 0. The van der Waals surface area contributed by atoms with Crippen LogP contribution in [0.1, 0.15) is 20.8 Å². The Morgan fingerprint density at radius 1 is 1.46 bits per heavy atom. The molecule has 0 amide bonds. The largest absolute Gasteiger partial charge is 0.469 e. The van der Waals surface area contributed by atoms with Crippen molar-refractivity contribution in [3.63, 3.8) is 0 Å². The Labute approximate surface area is 80.3 Å². The van der Waals surface area contributed by atoms with Crippen molar-refractivity contribution in [2.24, 2.45) is 11.8 Å². The van der Waals surface area contributed by atoms with E-state index in [4.69, 9.17) is 0 Å². The molecule has 0 spiro atoms. The van der Waals surface area contributed by atoms with Crippen LogP contribution in [-0.2, 0) is 9.53 Å². The Balaban J connectivity index is 4.44. The van der Waals surface area contributed by atoms with Gasteiger partial charge >= 0.3 is 5.97 Å². The lowest BCUT2D eigenvalue weighted by Crippen LogP contribution is -2.19. The summed E-state index contributed by atoms with van der Waals surface area (Å²) in [5, 5.41) is 0. The van der Waals surface area contributed by atoms with Crippen LogP contribution >= 0.6 is 0 Å². The first-order valence-electron chi connectivity index (χ1n) is 4.40. The lowest BCUT2D eigenvalue weighted by molar-refractivity contribution is -0.145. The first-order chi connectivity index (χ1) is 5.99. The highest BCUT2D eigenvalue weighted by Crippen LogP contribution is 2.14. The van der Waals surface area contributed by atoms with E-state index in [1.165, 1.54) is 7.11 Å². The molecule has 0 fully saturated rings. The third-order valence-electron chi connectivity index (χ3n) is 1.78. The summed E-state index contributed by atoms with van der Waals surface area (Å²) in [7, 11) is 1.41. The molecule has 1 unspecified atom stereocenters. The number of methoxy groups -OCH3 is 1. The Bertz CT molecular complexity index is 214. The number of carbonyl (C=O) groups is 1. The molecule has 13 heavy (non-hydrogen) atoms. The predicted molar refractivity (Wildman–Crippen MR) is 54.3 cm³/mol. The lowest BCUT2D eigenvalue weighted by atomic mass is 9.95. The van der Waals surface area contributed by atoms with Crippen molar-refractivity contribution in [2.75, 3.05) is 7.11 Å². The zero-order chi connectivity index (χ0) is 10.4. The van der Waals surface area contributed by atoms with Crippen molar-refractivity contribution in [1.82, 2.24) is 0 Å². The van der Waals surface area contributed by atoms with E-state index in [-0.39, 0.29) is 17.8 Å². The molecule has 0 bridgehead atoms. The highest BCUT2D eigenvalue weighted by molar-refractivity contribution is 5.74. The van der Waals surface area contributed by atoms with E-state index in [9.17, 15) is 4.79 Å². The Hall–Kier alpha value is -1.05. The van der Waals surface area contributed by atoms with Crippen LogP contribution in [-0.4, -0.2) is 13.1 Å². The molecule has 0 rings (SSSR count). The second kappa shape index (κ2) is 5.57. The number of rotatable bonds is 4. The summed E-state index contributed by atoms with van der Waals surface area (Å²) in [6, 6.07) is 0. The van der Waals surface area contributed by atoms with Gasteiger partial charge in [0.25, 0.3) is 0 Å². The predicted octanol–water partition coefficient (Wildman–Crippen LogP) is 2.56. The fourth-order valence-corrected chi connectivity index (χ4v) is 0.977. The summed E-state index contributed by atoms with van der Waals surface area (Å²) in [5.74, 6) is -0.0998. The van der Waals surface area contributed by atoms with Gasteiger partial charge in [0, 0.05) is 0 Å². The van der Waals surface area contributed by atoms with Gasteiger partial charge in [0.2, 0.25) is 0 Å². The lowest BCUT2D eigenvalue weighted by Gasteiger charge is -2.13. The Morgan fingerprint density at radius 3 is 2.31 bits per heavy atom. The van der Waals surface area contributed by atoms with Gasteiger partial charge in [-0.1, -0.05) is 38.2 Å². The van der Waals surface area contributed by atoms with Crippen LogP contribution in [0.5, 0.6) is 0 Å². The molecule has 2 nitrogen and oxygen atoms in total. The summed E-state index contributed by atoms with van der Waals surface area (Å²) in [4.78, 5) is 11.3. The third-order valence-corrected chi connectivity index (χ3v) is 1.78. The summed E-state index contributed by atoms with van der Waals surface area (Å²) in [6.07, 6.45) is 3.69. The van der Waals surface area contributed by atoms with Gasteiger partial charge in [-0.05, 0) is 12.8 Å².